The Morgan fingerprint density at radius 2 is 2.00 bits per heavy atom. The molecule has 0 saturated carbocycles. The highest BCUT2D eigenvalue weighted by Gasteiger charge is 2.18. The van der Waals surface area contributed by atoms with Crippen molar-refractivity contribution in [3.63, 3.8) is 0 Å². The lowest BCUT2D eigenvalue weighted by Gasteiger charge is -2.08. The monoisotopic (exact) mass is 313 g/mol. The molecule has 3 aromatic rings. The van der Waals surface area contributed by atoms with Gasteiger partial charge in [0, 0.05) is 13.2 Å². The lowest BCUT2D eigenvalue weighted by Crippen LogP contribution is -2.40. The molecule has 0 aliphatic carbocycles. The van der Waals surface area contributed by atoms with Crippen LogP contribution in [0.15, 0.2) is 34.0 Å². The number of aryl methyl sites for hydroxylation is 2. The predicted molar refractivity (Wildman–Crippen MR) is 83.4 cm³/mol. The van der Waals surface area contributed by atoms with Crippen LogP contribution in [0.3, 0.4) is 0 Å². The summed E-state index contributed by atoms with van der Waals surface area (Å²) in [6, 6.07) is 5.29. The molecule has 0 bridgehead atoms. The number of rotatable bonds is 4. The van der Waals surface area contributed by atoms with E-state index in [-0.39, 0.29) is 24.3 Å². The average Bonchev–Trinajstić information content (AvgIpc) is 2.88. The van der Waals surface area contributed by atoms with E-state index in [0.29, 0.717) is 17.8 Å². The van der Waals surface area contributed by atoms with E-state index in [1.54, 1.807) is 38.4 Å². The zero-order valence-electron chi connectivity index (χ0n) is 12.8. The van der Waals surface area contributed by atoms with Crippen LogP contribution in [0.25, 0.3) is 11.2 Å². The predicted octanol–water partition coefficient (Wildman–Crippen LogP) is -0.153. The molecule has 8 heteroatoms. The standard InChI is InChI=1S/C15H15N5O3/c1-10-17-13-12(19(10)7-8-21)14(22)20(15(23)18(13)2)9-11-5-3-4-6-16-11/h3-6,8H,7,9H2,1-2H3. The van der Waals surface area contributed by atoms with Crippen molar-refractivity contribution in [1.29, 1.82) is 0 Å². The van der Waals surface area contributed by atoms with E-state index in [2.05, 4.69) is 9.97 Å². The van der Waals surface area contributed by atoms with Crippen LogP contribution in [-0.2, 0) is 24.9 Å². The molecule has 118 valence electrons. The Hall–Kier alpha value is -3.03. The van der Waals surface area contributed by atoms with E-state index in [1.807, 2.05) is 0 Å². The second-order valence-electron chi connectivity index (χ2n) is 5.16. The molecule has 0 fully saturated rings. The quantitative estimate of drug-likeness (QED) is 0.625. The van der Waals surface area contributed by atoms with Crippen molar-refractivity contribution < 1.29 is 4.79 Å². The molecule has 3 rings (SSSR count). The smallest absolute Gasteiger partial charge is 0.315 e. The number of aromatic nitrogens is 5. The minimum absolute atomic E-state index is 0.0133. The number of aldehydes is 1. The number of fused-ring (bicyclic) bond motifs is 1. The van der Waals surface area contributed by atoms with Crippen LogP contribution in [0.5, 0.6) is 0 Å². The minimum Gasteiger partial charge on any atom is -0.315 e. The van der Waals surface area contributed by atoms with Gasteiger partial charge in [0.1, 0.15) is 12.1 Å². The van der Waals surface area contributed by atoms with Crippen molar-refractivity contribution in [3.05, 3.63) is 56.8 Å². The molecular formula is C15H15N5O3. The second kappa shape index (κ2) is 5.64. The Labute approximate surface area is 130 Å². The van der Waals surface area contributed by atoms with Gasteiger partial charge >= 0.3 is 5.69 Å². The van der Waals surface area contributed by atoms with Gasteiger partial charge in [0.15, 0.2) is 11.2 Å². The molecule has 8 nitrogen and oxygen atoms in total. The van der Waals surface area contributed by atoms with Gasteiger partial charge in [-0.3, -0.25) is 18.9 Å². The summed E-state index contributed by atoms with van der Waals surface area (Å²) in [4.78, 5) is 44.5. The summed E-state index contributed by atoms with van der Waals surface area (Å²) in [6.07, 6.45) is 2.30. The molecule has 3 aromatic heterocycles. The third-order valence-electron chi connectivity index (χ3n) is 3.73. The van der Waals surface area contributed by atoms with Gasteiger partial charge in [-0.25, -0.2) is 9.78 Å². The molecule has 0 aliphatic rings. The third-order valence-corrected chi connectivity index (χ3v) is 3.73. The Balaban J connectivity index is 2.31. The molecule has 23 heavy (non-hydrogen) atoms. The molecule has 3 heterocycles. The van der Waals surface area contributed by atoms with Crippen LogP contribution in [0, 0.1) is 6.92 Å². The molecule has 0 aliphatic heterocycles. The molecule has 0 aromatic carbocycles. The van der Waals surface area contributed by atoms with Gasteiger partial charge in [-0.15, -0.1) is 0 Å². The van der Waals surface area contributed by atoms with Gasteiger partial charge in [0.05, 0.1) is 18.8 Å². The topological polar surface area (TPSA) is 91.8 Å². The Morgan fingerprint density at radius 1 is 1.22 bits per heavy atom. The van der Waals surface area contributed by atoms with E-state index in [1.165, 1.54) is 9.13 Å². The number of imidazole rings is 1. The summed E-state index contributed by atoms with van der Waals surface area (Å²) >= 11 is 0. The van der Waals surface area contributed by atoms with Gasteiger partial charge in [-0.1, -0.05) is 6.07 Å². The van der Waals surface area contributed by atoms with Crippen molar-refractivity contribution in [2.45, 2.75) is 20.0 Å². The number of pyridine rings is 1. The van der Waals surface area contributed by atoms with E-state index in [4.69, 9.17) is 0 Å². The molecular weight excluding hydrogens is 298 g/mol. The van der Waals surface area contributed by atoms with Crippen molar-refractivity contribution in [1.82, 2.24) is 23.7 Å². The SMILES string of the molecule is Cc1nc2c(c(=O)n(Cc3ccccn3)c(=O)n2C)n1CC=O. The van der Waals surface area contributed by atoms with Crippen LogP contribution >= 0.6 is 0 Å². The van der Waals surface area contributed by atoms with Crippen molar-refractivity contribution in [2.75, 3.05) is 0 Å². The zero-order valence-corrected chi connectivity index (χ0v) is 12.8. The summed E-state index contributed by atoms with van der Waals surface area (Å²) in [6.45, 7) is 1.77. The summed E-state index contributed by atoms with van der Waals surface area (Å²) in [5.41, 5.74) is 0.175. The largest absolute Gasteiger partial charge is 0.332 e. The van der Waals surface area contributed by atoms with E-state index >= 15 is 0 Å². The first-order valence-corrected chi connectivity index (χ1v) is 7.04. The molecule has 0 unspecified atom stereocenters. The number of nitrogens with zero attached hydrogens (tertiary/aromatic N) is 5. The van der Waals surface area contributed by atoms with Crippen LogP contribution in [0.4, 0.5) is 0 Å². The van der Waals surface area contributed by atoms with Crippen LogP contribution in [0.2, 0.25) is 0 Å². The highest BCUT2D eigenvalue weighted by molar-refractivity contribution is 5.72. The van der Waals surface area contributed by atoms with Crippen molar-refractivity contribution >= 4 is 17.5 Å². The minimum atomic E-state index is -0.476. The Bertz CT molecular complexity index is 998. The Morgan fingerprint density at radius 3 is 2.65 bits per heavy atom. The van der Waals surface area contributed by atoms with Crippen molar-refractivity contribution in [2.24, 2.45) is 7.05 Å². The second-order valence-corrected chi connectivity index (χ2v) is 5.16. The third kappa shape index (κ3) is 2.37. The fraction of sp³-hybridized carbons (Fsp3) is 0.267. The zero-order chi connectivity index (χ0) is 16.6. The fourth-order valence-corrected chi connectivity index (χ4v) is 2.57. The first-order valence-electron chi connectivity index (χ1n) is 7.04. The maximum absolute atomic E-state index is 12.8. The van der Waals surface area contributed by atoms with Crippen LogP contribution in [-0.4, -0.2) is 30.0 Å². The molecule has 0 radical (unpaired) electrons. The maximum atomic E-state index is 12.8. The molecule has 0 spiro atoms. The molecule has 0 N–H and O–H groups in total. The van der Waals surface area contributed by atoms with Gasteiger partial charge < -0.3 is 9.36 Å². The first-order chi connectivity index (χ1) is 11.0. The lowest BCUT2D eigenvalue weighted by molar-refractivity contribution is -0.108. The Kier molecular flexibility index (Phi) is 3.65. The fourth-order valence-electron chi connectivity index (χ4n) is 2.57. The van der Waals surface area contributed by atoms with Gasteiger partial charge in [0.25, 0.3) is 5.56 Å². The summed E-state index contributed by atoms with van der Waals surface area (Å²) in [7, 11) is 1.55. The molecule has 0 amide bonds. The summed E-state index contributed by atoms with van der Waals surface area (Å²) in [5, 5.41) is 0. The highest BCUT2D eigenvalue weighted by Crippen LogP contribution is 2.09. The summed E-state index contributed by atoms with van der Waals surface area (Å²) in [5.74, 6) is 0.509. The molecule has 0 saturated heterocycles. The first kappa shape index (κ1) is 14.9. The van der Waals surface area contributed by atoms with Crippen LogP contribution < -0.4 is 11.2 Å². The number of hydrogen-bond acceptors (Lipinski definition) is 5. The van der Waals surface area contributed by atoms with Crippen LogP contribution in [0.1, 0.15) is 11.5 Å². The van der Waals surface area contributed by atoms with E-state index in [9.17, 15) is 14.4 Å². The highest BCUT2D eigenvalue weighted by atomic mass is 16.2. The summed E-state index contributed by atoms with van der Waals surface area (Å²) < 4.78 is 3.93. The molecule has 0 atom stereocenters. The lowest BCUT2D eigenvalue weighted by atomic mass is 10.3. The average molecular weight is 313 g/mol. The van der Waals surface area contributed by atoms with Crippen molar-refractivity contribution in [3.8, 4) is 0 Å². The number of carbonyl (C=O) groups is 1. The van der Waals surface area contributed by atoms with Gasteiger partial charge in [-0.2, -0.15) is 0 Å². The van der Waals surface area contributed by atoms with E-state index in [0.717, 1.165) is 4.57 Å². The van der Waals surface area contributed by atoms with Gasteiger partial charge in [0.2, 0.25) is 0 Å². The normalized spacial score (nSPS) is 11.0. The maximum Gasteiger partial charge on any atom is 0.332 e. The van der Waals surface area contributed by atoms with E-state index < -0.39 is 11.2 Å². The number of hydrogen-bond donors (Lipinski definition) is 0. The number of carbonyl (C=O) groups excluding carboxylic acids is 1. The van der Waals surface area contributed by atoms with Gasteiger partial charge in [-0.05, 0) is 19.1 Å².